The molecular formula is C37H71NO3. The fourth-order valence-electron chi connectivity index (χ4n) is 5.39. The predicted octanol–water partition coefficient (Wildman–Crippen LogP) is 10.5. The first-order valence-electron chi connectivity index (χ1n) is 18.1. The number of amides is 1. The van der Waals surface area contributed by atoms with Crippen molar-refractivity contribution in [1.82, 2.24) is 5.32 Å². The number of nitrogens with one attached hydrogen (secondary N) is 1. The van der Waals surface area contributed by atoms with Crippen molar-refractivity contribution >= 4 is 5.91 Å². The molecule has 0 bridgehead atoms. The second-order valence-electron chi connectivity index (χ2n) is 12.2. The summed E-state index contributed by atoms with van der Waals surface area (Å²) in [5, 5.41) is 22.0. The van der Waals surface area contributed by atoms with Gasteiger partial charge in [0.25, 0.3) is 0 Å². The number of rotatable bonds is 32. The summed E-state index contributed by atoms with van der Waals surface area (Å²) in [6.07, 6.45) is 43.4. The van der Waals surface area contributed by atoms with Crippen LogP contribution in [0.5, 0.6) is 0 Å². The SMILES string of the molecule is CCCCCCCCCCCCCCCCCCCCCCCCC/C=C/CC/C=C/C(O)C(CO)NC(=O)CC. The molecule has 0 aromatic carbocycles. The molecule has 0 fully saturated rings. The molecule has 41 heavy (non-hydrogen) atoms. The van der Waals surface area contributed by atoms with Gasteiger partial charge in [-0.25, -0.2) is 0 Å². The van der Waals surface area contributed by atoms with Crippen LogP contribution in [0.2, 0.25) is 0 Å². The minimum atomic E-state index is -0.853. The van der Waals surface area contributed by atoms with Crippen LogP contribution in [0.4, 0.5) is 0 Å². The number of hydrogen-bond acceptors (Lipinski definition) is 3. The monoisotopic (exact) mass is 578 g/mol. The molecule has 1 amide bonds. The number of carbonyl (C=O) groups excluding carboxylic acids is 1. The molecule has 0 rings (SSSR count). The molecule has 2 unspecified atom stereocenters. The van der Waals surface area contributed by atoms with Crippen molar-refractivity contribution in [2.75, 3.05) is 6.61 Å². The molecule has 0 saturated carbocycles. The minimum absolute atomic E-state index is 0.162. The highest BCUT2D eigenvalue weighted by atomic mass is 16.3. The Bertz CT molecular complexity index is 589. The van der Waals surface area contributed by atoms with E-state index in [0.717, 1.165) is 19.3 Å². The maximum atomic E-state index is 11.4. The summed E-state index contributed by atoms with van der Waals surface area (Å²) < 4.78 is 0. The van der Waals surface area contributed by atoms with Gasteiger partial charge in [0.15, 0.2) is 0 Å². The van der Waals surface area contributed by atoms with Crippen LogP contribution in [-0.2, 0) is 4.79 Å². The standard InChI is InChI=1S/C37H71NO3/c1-3-5-6-7-8-9-10-11-12-13-14-15-16-17-18-19-20-21-22-23-24-25-26-27-28-29-30-31-32-33-36(40)35(34-39)38-37(41)4-2/h28-29,32-33,35-36,39-40H,3-27,30-31,34H2,1-2H3,(H,38,41)/b29-28+,33-32+. The van der Waals surface area contributed by atoms with E-state index in [1.807, 2.05) is 6.08 Å². The van der Waals surface area contributed by atoms with Crippen molar-refractivity contribution in [2.24, 2.45) is 0 Å². The van der Waals surface area contributed by atoms with Gasteiger partial charge in [0.2, 0.25) is 5.91 Å². The third kappa shape index (κ3) is 30.1. The summed E-state index contributed by atoms with van der Waals surface area (Å²) in [4.78, 5) is 11.4. The molecule has 0 radical (unpaired) electrons. The third-order valence-electron chi connectivity index (χ3n) is 8.25. The van der Waals surface area contributed by atoms with Crippen molar-refractivity contribution < 1.29 is 15.0 Å². The fraction of sp³-hybridized carbons (Fsp3) is 0.865. The highest BCUT2D eigenvalue weighted by molar-refractivity contribution is 5.75. The summed E-state index contributed by atoms with van der Waals surface area (Å²) in [6, 6.07) is -0.631. The predicted molar refractivity (Wildman–Crippen MR) is 179 cm³/mol. The molecule has 0 saturated heterocycles. The zero-order chi connectivity index (χ0) is 30.1. The zero-order valence-corrected chi connectivity index (χ0v) is 27.6. The summed E-state index contributed by atoms with van der Waals surface area (Å²) in [5.41, 5.74) is 0. The maximum Gasteiger partial charge on any atom is 0.220 e. The van der Waals surface area contributed by atoms with Crippen molar-refractivity contribution in [1.29, 1.82) is 0 Å². The van der Waals surface area contributed by atoms with Crippen LogP contribution in [-0.4, -0.2) is 34.9 Å². The van der Waals surface area contributed by atoms with Gasteiger partial charge >= 0.3 is 0 Å². The van der Waals surface area contributed by atoms with E-state index in [1.54, 1.807) is 13.0 Å². The Labute approximate surface area is 256 Å². The van der Waals surface area contributed by atoms with Crippen LogP contribution in [0, 0.1) is 0 Å². The highest BCUT2D eigenvalue weighted by Gasteiger charge is 2.17. The van der Waals surface area contributed by atoms with E-state index in [0.29, 0.717) is 6.42 Å². The van der Waals surface area contributed by atoms with Crippen LogP contribution in [0.1, 0.15) is 187 Å². The fourth-order valence-corrected chi connectivity index (χ4v) is 5.39. The van der Waals surface area contributed by atoms with E-state index in [2.05, 4.69) is 24.4 Å². The summed E-state index contributed by atoms with van der Waals surface area (Å²) in [5.74, 6) is -0.162. The third-order valence-corrected chi connectivity index (χ3v) is 8.25. The second kappa shape index (κ2) is 33.4. The molecule has 3 N–H and O–H groups in total. The Morgan fingerprint density at radius 3 is 1.32 bits per heavy atom. The summed E-state index contributed by atoms with van der Waals surface area (Å²) >= 11 is 0. The molecule has 0 aliphatic carbocycles. The van der Waals surface area contributed by atoms with Crippen molar-refractivity contribution in [3.05, 3.63) is 24.3 Å². The molecular weight excluding hydrogens is 506 g/mol. The molecule has 0 aliphatic heterocycles. The highest BCUT2D eigenvalue weighted by Crippen LogP contribution is 2.15. The lowest BCUT2D eigenvalue weighted by atomic mass is 10.0. The molecule has 4 nitrogen and oxygen atoms in total. The van der Waals surface area contributed by atoms with Crippen LogP contribution in [0.3, 0.4) is 0 Å². The number of aliphatic hydroxyl groups is 2. The Kier molecular flexibility index (Phi) is 32.5. The first-order valence-corrected chi connectivity index (χ1v) is 18.1. The van der Waals surface area contributed by atoms with Gasteiger partial charge in [-0.2, -0.15) is 0 Å². The number of unbranched alkanes of at least 4 members (excludes halogenated alkanes) is 24. The van der Waals surface area contributed by atoms with E-state index in [-0.39, 0.29) is 12.5 Å². The quantitative estimate of drug-likeness (QED) is 0.0550. The Morgan fingerprint density at radius 2 is 0.927 bits per heavy atom. The first-order chi connectivity index (χ1) is 20.2. The smallest absolute Gasteiger partial charge is 0.220 e. The Balaban J connectivity index is 3.31. The lowest BCUT2D eigenvalue weighted by Gasteiger charge is -2.19. The minimum Gasteiger partial charge on any atom is -0.394 e. The molecule has 4 heteroatoms. The van der Waals surface area contributed by atoms with Gasteiger partial charge in [-0.3, -0.25) is 4.79 Å². The summed E-state index contributed by atoms with van der Waals surface area (Å²) in [6.45, 7) is 3.78. The summed E-state index contributed by atoms with van der Waals surface area (Å²) in [7, 11) is 0. The van der Waals surface area contributed by atoms with Gasteiger partial charge < -0.3 is 15.5 Å². The number of allylic oxidation sites excluding steroid dienone is 3. The van der Waals surface area contributed by atoms with Crippen molar-refractivity contribution in [2.45, 2.75) is 199 Å². The Hall–Kier alpha value is -1.13. The van der Waals surface area contributed by atoms with E-state index in [9.17, 15) is 15.0 Å². The molecule has 0 spiro atoms. The maximum absolute atomic E-state index is 11.4. The number of hydrogen-bond donors (Lipinski definition) is 3. The average molecular weight is 578 g/mol. The Morgan fingerprint density at radius 1 is 0.561 bits per heavy atom. The zero-order valence-electron chi connectivity index (χ0n) is 27.6. The van der Waals surface area contributed by atoms with Gasteiger partial charge in [-0.15, -0.1) is 0 Å². The lowest BCUT2D eigenvalue weighted by Crippen LogP contribution is -2.44. The second-order valence-corrected chi connectivity index (χ2v) is 12.2. The largest absolute Gasteiger partial charge is 0.394 e. The average Bonchev–Trinajstić information content (AvgIpc) is 2.98. The van der Waals surface area contributed by atoms with Gasteiger partial charge in [-0.05, 0) is 25.7 Å². The van der Waals surface area contributed by atoms with Crippen LogP contribution < -0.4 is 5.32 Å². The van der Waals surface area contributed by atoms with E-state index in [1.165, 1.54) is 148 Å². The van der Waals surface area contributed by atoms with Crippen molar-refractivity contribution in [3.63, 3.8) is 0 Å². The van der Waals surface area contributed by atoms with E-state index in [4.69, 9.17) is 0 Å². The van der Waals surface area contributed by atoms with Gasteiger partial charge in [0.05, 0.1) is 18.8 Å². The molecule has 0 aromatic heterocycles. The molecule has 0 aromatic rings. The normalized spacial score (nSPS) is 13.4. The van der Waals surface area contributed by atoms with E-state index < -0.39 is 12.1 Å². The van der Waals surface area contributed by atoms with Crippen LogP contribution in [0.15, 0.2) is 24.3 Å². The lowest BCUT2D eigenvalue weighted by molar-refractivity contribution is -0.122. The number of aliphatic hydroxyl groups excluding tert-OH is 2. The number of carbonyl (C=O) groups is 1. The van der Waals surface area contributed by atoms with Gasteiger partial charge in [-0.1, -0.05) is 179 Å². The molecule has 2 atom stereocenters. The van der Waals surface area contributed by atoms with Gasteiger partial charge in [0, 0.05) is 6.42 Å². The van der Waals surface area contributed by atoms with Crippen LogP contribution in [0.25, 0.3) is 0 Å². The van der Waals surface area contributed by atoms with Gasteiger partial charge in [0.1, 0.15) is 0 Å². The van der Waals surface area contributed by atoms with E-state index >= 15 is 0 Å². The van der Waals surface area contributed by atoms with Crippen LogP contribution >= 0.6 is 0 Å². The van der Waals surface area contributed by atoms with Crippen molar-refractivity contribution in [3.8, 4) is 0 Å². The molecule has 0 aliphatic rings. The molecule has 0 heterocycles. The molecule has 242 valence electrons. The first kappa shape index (κ1) is 39.9. The topological polar surface area (TPSA) is 69.6 Å².